The molecule has 2 fully saturated rings. The Hall–Kier alpha value is -7.43. The summed E-state index contributed by atoms with van der Waals surface area (Å²) in [6.07, 6.45) is 21.8. The van der Waals surface area contributed by atoms with Crippen LogP contribution in [0.5, 0.6) is 0 Å². The highest BCUT2D eigenvalue weighted by atomic mass is 79.9. The summed E-state index contributed by atoms with van der Waals surface area (Å²) in [7, 11) is 4.02. The smallest absolute Gasteiger partial charge is 0.407 e. The minimum Gasteiger partial charge on any atom is -0.511 e. The van der Waals surface area contributed by atoms with E-state index in [0.717, 1.165) is 200 Å². The van der Waals surface area contributed by atoms with Crippen LogP contribution in [0.25, 0.3) is 0 Å². The molecule has 0 saturated carbocycles. The summed E-state index contributed by atoms with van der Waals surface area (Å²) in [6, 6.07) is 0. The molecule has 2 aliphatic carbocycles. The Morgan fingerprint density at radius 2 is 0.929 bits per heavy atom. The van der Waals surface area contributed by atoms with Gasteiger partial charge in [0.15, 0.2) is 0 Å². The van der Waals surface area contributed by atoms with Crippen LogP contribution >= 0.6 is 31.4 Å². The van der Waals surface area contributed by atoms with Crippen LogP contribution in [0.2, 0.25) is 0 Å². The number of fused-ring (bicyclic) bond motifs is 10. The number of carboxylic acid groups (broad SMARTS) is 1. The van der Waals surface area contributed by atoms with Crippen LogP contribution in [-0.2, 0) is 14.3 Å². The highest BCUT2D eigenvalue weighted by molar-refractivity contribution is 9.41. The zero-order chi connectivity index (χ0) is 72.1. The number of allylic oxidation sites excluding steroid dienone is 24. The number of carbonyl (C=O) groups excluding carboxylic acids is 2. The molecule has 16 bridgehead atoms. The third kappa shape index (κ3) is 16.0. The minimum absolute atomic E-state index is 0.0311. The van der Waals surface area contributed by atoms with Gasteiger partial charge >= 0.3 is 12.1 Å². The maximum atomic E-state index is 13.2. The molecular weight excluding hydrogens is 1340 g/mol. The number of aliphatic imine (C=N–C) groups is 6. The Bertz CT molecular complexity index is 4180. The Morgan fingerprint density at radius 3 is 1.29 bits per heavy atom. The second-order valence-corrected chi connectivity index (χ2v) is 32.7. The van der Waals surface area contributed by atoms with Gasteiger partial charge in [-0.05, 0) is 220 Å². The number of nitrogens with zero attached hydrogens (tertiary/aromatic N) is 6. The lowest BCUT2D eigenvalue weighted by Gasteiger charge is -2.19. The predicted molar refractivity (Wildman–Crippen MR) is 414 cm³/mol. The lowest BCUT2D eigenvalue weighted by atomic mass is 9.86. The van der Waals surface area contributed by atoms with Gasteiger partial charge < -0.3 is 47.1 Å². The zero-order valence-corrected chi connectivity index (χ0v) is 64.5. The van der Waals surface area contributed by atoms with Crippen LogP contribution in [-0.4, -0.2) is 93.3 Å². The standard InChI is InChI=1S/C44H58N6O4.C33H36N4O3.CH5N.BrH3P2/c1-10-28-24(3)32-21-34-26(5)30(16-17-39(52)45-18-14-12-13-15-19-46-43(53)54-44(7,8)9)41(49-34)31-20-38(51)40-27(6)35(50-42(31)40)23-37-29(11-2)25(4)33(48-37)22-36(28)47-32;1-7-19-15(3)23-12-25-17(5)21(9-10-30(39)40)32(36-25)22-11-29(38)31-18(6)26(37-33(22)31)14-28-20(8-2)16(4)24(35-28)13-27(19)34-23;1-2;1-3-2/h21-23,26,30,49,51H,10-20H2,1-9H3,(H,45,52)(H,46,53);12-14,17,21,36,38H,7-11H2,1-6H3,(H,39,40);2H2,1H3;3H,2H2/t26-,30-;17-,21-;;/m00../s1. The van der Waals surface area contributed by atoms with Crippen molar-refractivity contribution in [1.82, 2.24) is 21.3 Å². The van der Waals surface area contributed by atoms with Crippen LogP contribution in [0, 0.1) is 23.7 Å². The summed E-state index contributed by atoms with van der Waals surface area (Å²) in [5.41, 5.74) is 33.7. The SMILES string of the molecule is CCC1=C(C)C2=NC1=CC1=C(C)C3=C(O)CC(=C4NC(=CC5=NC(=C2)C(CC)=C5C)[C@@H](C)[C@@H]4CCC(=O)NCCCCCCNC(=O)OC(C)(C)C)C3=N1.CCC1=C(C)C2=NC1=CC1=C(C)C3=C(O)CC(=C4NC(=CC5=NC(=C2)C(CC)=C5C)[C@@H](C)[C@@H]4CCC(=O)O)C3=N1.CN.PPBr. The monoisotopic (exact) mass is 1450 g/mol. The maximum Gasteiger partial charge on any atom is 0.407 e. The van der Waals surface area contributed by atoms with E-state index in [-0.39, 0.29) is 42.1 Å². The van der Waals surface area contributed by atoms with Gasteiger partial charge in [0.2, 0.25) is 5.91 Å². The third-order valence-corrected chi connectivity index (χ3v) is 20.5. The lowest BCUT2D eigenvalue weighted by molar-refractivity contribution is -0.137. The first-order chi connectivity index (χ1) is 47.2. The van der Waals surface area contributed by atoms with Crippen LogP contribution in [0.4, 0.5) is 4.79 Å². The van der Waals surface area contributed by atoms with Crippen LogP contribution in [0.1, 0.15) is 194 Å². The van der Waals surface area contributed by atoms with Gasteiger partial charge in [-0.1, -0.05) is 69.9 Å². The number of halogens is 1. The average molecular weight is 1450 g/mol. The van der Waals surface area contributed by atoms with Crippen molar-refractivity contribution in [2.24, 2.45) is 59.4 Å². The molecule has 9 N–H and O–H groups in total. The van der Waals surface area contributed by atoms with Crippen molar-refractivity contribution in [3.05, 3.63) is 183 Å². The fourth-order valence-corrected chi connectivity index (χ4v) is 15.2. The molecule has 2 saturated heterocycles. The fraction of sp³-hybridized carbons (Fsp3) is 0.474. The molecule has 0 aromatic heterocycles. The molecule has 0 spiro atoms. The average Bonchev–Trinajstić information content (AvgIpc) is 1.59. The van der Waals surface area contributed by atoms with Gasteiger partial charge in [0.25, 0.3) is 0 Å². The summed E-state index contributed by atoms with van der Waals surface area (Å²) >= 11 is 3.14. The number of ether oxygens (including phenoxy) is 1. The number of amides is 2. The molecule has 99 heavy (non-hydrogen) atoms. The number of carboxylic acids is 1. The molecule has 21 heteroatoms. The molecule has 12 aliphatic rings. The first-order valence-corrected chi connectivity index (χ1v) is 40.3. The van der Waals surface area contributed by atoms with E-state index in [1.54, 1.807) is 0 Å². The number of hydrogen-bond donors (Lipinski definition) is 8. The largest absolute Gasteiger partial charge is 0.511 e. The molecular formula is C78H102BrN11O7P2. The van der Waals surface area contributed by atoms with E-state index >= 15 is 0 Å². The van der Waals surface area contributed by atoms with Crippen LogP contribution < -0.4 is 27.0 Å². The first-order valence-electron chi connectivity index (χ1n) is 35.3. The second kappa shape index (κ2) is 32.5. The topological polar surface area (TPSA) is 269 Å². The van der Waals surface area contributed by atoms with Crippen molar-refractivity contribution in [3.63, 3.8) is 0 Å². The first kappa shape index (κ1) is 75.8. The van der Waals surface area contributed by atoms with Crippen molar-refractivity contribution in [2.75, 3.05) is 20.1 Å². The highest BCUT2D eigenvalue weighted by Gasteiger charge is 2.44. The van der Waals surface area contributed by atoms with Crippen molar-refractivity contribution in [2.45, 2.75) is 199 Å². The summed E-state index contributed by atoms with van der Waals surface area (Å²) < 4.78 is 5.28. The molecule has 2 amide bonds. The van der Waals surface area contributed by atoms with Gasteiger partial charge in [0.05, 0.1) is 68.5 Å². The predicted octanol–water partition coefficient (Wildman–Crippen LogP) is 17.3. The Morgan fingerprint density at radius 1 is 0.576 bits per heavy atom. The second-order valence-electron chi connectivity index (χ2n) is 27.7. The Labute approximate surface area is 597 Å². The van der Waals surface area contributed by atoms with Gasteiger partial charge in [-0.25, -0.2) is 34.7 Å². The van der Waals surface area contributed by atoms with Crippen molar-refractivity contribution < 1.29 is 34.4 Å². The van der Waals surface area contributed by atoms with Gasteiger partial charge in [-0.15, -0.1) is 8.93 Å². The number of aliphatic hydroxyl groups excluding tert-OH is 2. The molecule has 6 atom stereocenters. The van der Waals surface area contributed by atoms with E-state index < -0.39 is 11.6 Å². The number of carbonyl (C=O) groups is 3. The van der Waals surface area contributed by atoms with E-state index in [0.29, 0.717) is 56.7 Å². The number of nitrogens with one attached hydrogen (secondary N) is 4. The lowest BCUT2D eigenvalue weighted by Crippen LogP contribution is -2.33. The van der Waals surface area contributed by atoms with Crippen molar-refractivity contribution in [1.29, 1.82) is 0 Å². The van der Waals surface area contributed by atoms with Gasteiger partial charge in [0.1, 0.15) is 17.1 Å². The Balaban J connectivity index is 0.000000225. The number of aliphatic hydroxyl groups is 2. The van der Waals surface area contributed by atoms with Crippen molar-refractivity contribution in [3.8, 4) is 0 Å². The number of alkyl carbamates (subject to hydrolysis) is 1. The van der Waals surface area contributed by atoms with Crippen LogP contribution in [0.15, 0.2) is 213 Å². The molecule has 528 valence electrons. The zero-order valence-electron chi connectivity index (χ0n) is 60.8. The molecule has 2 unspecified atom stereocenters. The summed E-state index contributed by atoms with van der Waals surface area (Å²) in [4.78, 5) is 67.3. The van der Waals surface area contributed by atoms with Gasteiger partial charge in [-0.3, -0.25) is 9.59 Å². The number of nitrogens with two attached hydrogens (primary N) is 1. The highest BCUT2D eigenvalue weighted by Crippen LogP contribution is 2.49. The summed E-state index contributed by atoms with van der Waals surface area (Å²) in [5, 5.41) is 45.4. The van der Waals surface area contributed by atoms with Gasteiger partial charge in [0, 0.05) is 108 Å². The molecule has 0 radical (unpaired) electrons. The number of rotatable bonds is 17. The quantitative estimate of drug-likeness (QED) is 0.0504. The normalized spacial score (nSPS) is 22.7. The third-order valence-electron chi connectivity index (χ3n) is 20.5. The fourth-order valence-electron chi connectivity index (χ4n) is 15.2. The van der Waals surface area contributed by atoms with E-state index in [1.807, 2.05) is 40.7 Å². The Kier molecular flexibility index (Phi) is 24.9. The molecule has 0 aromatic carbocycles. The van der Waals surface area contributed by atoms with E-state index in [9.17, 15) is 29.7 Å². The van der Waals surface area contributed by atoms with E-state index in [1.165, 1.54) is 34.9 Å². The summed E-state index contributed by atoms with van der Waals surface area (Å²) in [5.74, 6) is 0.0498. The molecule has 10 aliphatic heterocycles. The number of aliphatic carboxylic acids is 1. The molecule has 12 rings (SSSR count). The maximum absolute atomic E-state index is 13.2. The van der Waals surface area contributed by atoms with Crippen LogP contribution in [0.3, 0.4) is 0 Å². The van der Waals surface area contributed by atoms with E-state index in [4.69, 9.17) is 34.7 Å². The molecule has 10 heterocycles. The number of unbranched alkanes of at least 4 members (excludes halogenated alkanes) is 3. The summed E-state index contributed by atoms with van der Waals surface area (Å²) in [6.45, 7) is 33.2. The molecule has 18 nitrogen and oxygen atoms in total. The van der Waals surface area contributed by atoms with Gasteiger partial charge in [-0.2, -0.15) is 0 Å². The van der Waals surface area contributed by atoms with Crippen molar-refractivity contribution >= 4 is 83.6 Å². The number of hydrogen-bond acceptors (Lipinski definition) is 15. The molecule has 0 aromatic rings. The van der Waals surface area contributed by atoms with E-state index in [2.05, 4.69) is 151 Å². The minimum atomic E-state index is -0.808.